The van der Waals surface area contributed by atoms with Crippen molar-refractivity contribution in [1.29, 1.82) is 10.5 Å². The summed E-state index contributed by atoms with van der Waals surface area (Å²) < 4.78 is 13.8. The van der Waals surface area contributed by atoms with Gasteiger partial charge < -0.3 is 5.73 Å². The Bertz CT molecular complexity index is 531. The summed E-state index contributed by atoms with van der Waals surface area (Å²) in [5.74, 6) is -0.199. The largest absolute Gasteiger partial charge is 0.396 e. The average molecular weight is 270 g/mol. The first-order chi connectivity index (χ1) is 8.08. The maximum Gasteiger partial charge on any atom is 0.162 e. The molecule has 0 spiro atoms. The molecule has 0 saturated heterocycles. The van der Waals surface area contributed by atoms with Gasteiger partial charge in [0.2, 0.25) is 0 Å². The van der Waals surface area contributed by atoms with Crippen LogP contribution in [0.15, 0.2) is 4.90 Å². The standard InChI is InChI=1S/C11H9ClFN3S/c1-2-3-17-11-7(5-15)9(13)6(4-14)10(16)8(11)12/h2-3,16H2,1H3. The summed E-state index contributed by atoms with van der Waals surface area (Å²) in [5.41, 5.74) is 4.89. The third-order valence-electron chi connectivity index (χ3n) is 2.05. The van der Waals surface area contributed by atoms with Gasteiger partial charge in [0.25, 0.3) is 0 Å². The lowest BCUT2D eigenvalue weighted by molar-refractivity contribution is 0.617. The van der Waals surface area contributed by atoms with E-state index in [4.69, 9.17) is 27.9 Å². The first-order valence-electron chi connectivity index (χ1n) is 4.81. The van der Waals surface area contributed by atoms with Gasteiger partial charge in [0, 0.05) is 4.90 Å². The minimum atomic E-state index is -0.893. The average Bonchev–Trinajstić information content (AvgIpc) is 2.32. The Kier molecular flexibility index (Phi) is 4.62. The zero-order chi connectivity index (χ0) is 13.0. The highest BCUT2D eigenvalue weighted by Crippen LogP contribution is 2.39. The molecule has 1 rings (SSSR count). The second-order valence-corrected chi connectivity index (χ2v) is 4.68. The summed E-state index contributed by atoms with van der Waals surface area (Å²) in [4.78, 5) is 0.310. The first kappa shape index (κ1) is 13.6. The first-order valence-corrected chi connectivity index (χ1v) is 6.18. The van der Waals surface area contributed by atoms with Crippen LogP contribution in [0.2, 0.25) is 5.02 Å². The zero-order valence-electron chi connectivity index (χ0n) is 9.05. The molecule has 0 saturated carbocycles. The second kappa shape index (κ2) is 5.77. The number of hydrogen-bond acceptors (Lipinski definition) is 4. The van der Waals surface area contributed by atoms with E-state index < -0.39 is 5.82 Å². The molecule has 6 heteroatoms. The van der Waals surface area contributed by atoms with Crippen molar-refractivity contribution in [3.63, 3.8) is 0 Å². The number of hydrogen-bond donors (Lipinski definition) is 1. The van der Waals surface area contributed by atoms with Crippen LogP contribution in [0.5, 0.6) is 0 Å². The Labute approximate surface area is 108 Å². The number of nitrogens with two attached hydrogens (primary N) is 1. The van der Waals surface area contributed by atoms with Gasteiger partial charge in [-0.2, -0.15) is 10.5 Å². The summed E-state index contributed by atoms with van der Waals surface area (Å²) in [7, 11) is 0. The van der Waals surface area contributed by atoms with Crippen LogP contribution < -0.4 is 5.73 Å². The summed E-state index contributed by atoms with van der Waals surface area (Å²) in [6.07, 6.45) is 0.855. The second-order valence-electron chi connectivity index (χ2n) is 3.19. The Morgan fingerprint density at radius 2 is 1.94 bits per heavy atom. The monoisotopic (exact) mass is 269 g/mol. The maximum absolute atomic E-state index is 13.8. The molecule has 0 aromatic heterocycles. The number of anilines is 1. The van der Waals surface area contributed by atoms with E-state index in [0.29, 0.717) is 10.6 Å². The van der Waals surface area contributed by atoms with Crippen LogP contribution in [0.4, 0.5) is 10.1 Å². The predicted molar refractivity (Wildman–Crippen MR) is 66.3 cm³/mol. The molecule has 1 aromatic carbocycles. The van der Waals surface area contributed by atoms with Crippen LogP contribution in [0, 0.1) is 28.5 Å². The number of nitrogens with zero attached hydrogens (tertiary/aromatic N) is 2. The van der Waals surface area contributed by atoms with Gasteiger partial charge >= 0.3 is 0 Å². The molecule has 0 aliphatic heterocycles. The van der Waals surface area contributed by atoms with Crippen LogP contribution in [-0.4, -0.2) is 5.75 Å². The van der Waals surface area contributed by atoms with Gasteiger partial charge in [0.1, 0.15) is 23.3 Å². The van der Waals surface area contributed by atoms with E-state index in [0.717, 1.165) is 6.42 Å². The van der Waals surface area contributed by atoms with E-state index in [9.17, 15) is 4.39 Å². The minimum absolute atomic E-state index is 0.0814. The SMILES string of the molecule is CCCSc1c(Cl)c(N)c(C#N)c(F)c1C#N. The van der Waals surface area contributed by atoms with Crippen molar-refractivity contribution in [3.05, 3.63) is 22.0 Å². The maximum atomic E-state index is 13.8. The number of thioether (sulfide) groups is 1. The summed E-state index contributed by atoms with van der Waals surface area (Å²) >= 11 is 7.22. The van der Waals surface area contributed by atoms with E-state index in [2.05, 4.69) is 0 Å². The summed E-state index contributed by atoms with van der Waals surface area (Å²) in [6.45, 7) is 1.95. The molecule has 0 heterocycles. The van der Waals surface area contributed by atoms with Crippen LogP contribution >= 0.6 is 23.4 Å². The fourth-order valence-corrected chi connectivity index (χ4v) is 2.51. The number of rotatable bonds is 3. The van der Waals surface area contributed by atoms with Crippen molar-refractivity contribution in [3.8, 4) is 12.1 Å². The van der Waals surface area contributed by atoms with Crippen molar-refractivity contribution in [2.75, 3.05) is 11.5 Å². The van der Waals surface area contributed by atoms with Crippen molar-refractivity contribution in [1.82, 2.24) is 0 Å². The number of nitrogen functional groups attached to an aromatic ring is 1. The number of halogens is 2. The Morgan fingerprint density at radius 1 is 1.35 bits per heavy atom. The molecular formula is C11H9ClFN3S. The van der Waals surface area contributed by atoms with Crippen LogP contribution in [-0.2, 0) is 0 Å². The zero-order valence-corrected chi connectivity index (χ0v) is 10.6. The van der Waals surface area contributed by atoms with Gasteiger partial charge in [0.05, 0.1) is 10.7 Å². The molecule has 0 aliphatic carbocycles. The van der Waals surface area contributed by atoms with E-state index in [1.165, 1.54) is 11.8 Å². The molecular weight excluding hydrogens is 261 g/mol. The lowest BCUT2D eigenvalue weighted by atomic mass is 10.1. The third-order valence-corrected chi connectivity index (χ3v) is 3.86. The highest BCUT2D eigenvalue weighted by Gasteiger charge is 2.21. The molecule has 3 nitrogen and oxygen atoms in total. The smallest absolute Gasteiger partial charge is 0.162 e. The quantitative estimate of drug-likeness (QED) is 0.675. The van der Waals surface area contributed by atoms with Gasteiger partial charge in [0.15, 0.2) is 5.82 Å². The lowest BCUT2D eigenvalue weighted by Gasteiger charge is -2.11. The molecule has 0 unspecified atom stereocenters. The Hall–Kier alpha value is -1.43. The molecule has 0 bridgehead atoms. The topological polar surface area (TPSA) is 73.6 Å². The fourth-order valence-electron chi connectivity index (χ4n) is 1.23. The molecule has 0 fully saturated rings. The summed E-state index contributed by atoms with van der Waals surface area (Å²) in [6, 6.07) is 3.35. The van der Waals surface area contributed by atoms with Gasteiger partial charge in [-0.1, -0.05) is 18.5 Å². The van der Waals surface area contributed by atoms with Gasteiger partial charge in [-0.25, -0.2) is 4.39 Å². The normalized spacial score (nSPS) is 9.71. The van der Waals surface area contributed by atoms with E-state index in [1.807, 2.05) is 6.92 Å². The molecule has 88 valence electrons. The van der Waals surface area contributed by atoms with Crippen molar-refractivity contribution >= 4 is 29.1 Å². The van der Waals surface area contributed by atoms with Crippen molar-refractivity contribution < 1.29 is 4.39 Å². The van der Waals surface area contributed by atoms with E-state index in [1.54, 1.807) is 12.1 Å². The Morgan fingerprint density at radius 3 is 2.41 bits per heavy atom. The molecule has 2 N–H and O–H groups in total. The third kappa shape index (κ3) is 2.46. The Balaban J connectivity index is 3.51. The fraction of sp³-hybridized carbons (Fsp3) is 0.273. The van der Waals surface area contributed by atoms with Gasteiger partial charge in [-0.05, 0) is 12.2 Å². The van der Waals surface area contributed by atoms with Gasteiger partial charge in [-0.15, -0.1) is 11.8 Å². The molecule has 1 aromatic rings. The predicted octanol–water partition coefficient (Wildman–Crippen LogP) is 3.31. The number of benzene rings is 1. The van der Waals surface area contributed by atoms with E-state index >= 15 is 0 Å². The van der Waals surface area contributed by atoms with E-state index in [-0.39, 0.29) is 21.8 Å². The highest BCUT2D eigenvalue weighted by molar-refractivity contribution is 7.99. The molecule has 0 atom stereocenters. The van der Waals surface area contributed by atoms with Crippen LogP contribution in [0.25, 0.3) is 0 Å². The summed E-state index contributed by atoms with van der Waals surface area (Å²) in [5, 5.41) is 17.8. The molecule has 0 amide bonds. The highest BCUT2D eigenvalue weighted by atomic mass is 35.5. The molecule has 0 aliphatic rings. The number of nitriles is 2. The van der Waals surface area contributed by atoms with Crippen LogP contribution in [0.1, 0.15) is 24.5 Å². The van der Waals surface area contributed by atoms with Crippen molar-refractivity contribution in [2.45, 2.75) is 18.2 Å². The molecule has 0 radical (unpaired) electrons. The van der Waals surface area contributed by atoms with Crippen LogP contribution in [0.3, 0.4) is 0 Å². The minimum Gasteiger partial charge on any atom is -0.396 e. The van der Waals surface area contributed by atoms with Gasteiger partial charge in [-0.3, -0.25) is 0 Å². The molecule has 17 heavy (non-hydrogen) atoms. The van der Waals surface area contributed by atoms with Crippen molar-refractivity contribution in [2.24, 2.45) is 0 Å². The lowest BCUT2D eigenvalue weighted by Crippen LogP contribution is -2.01.